The molecule has 0 aliphatic heterocycles. The lowest BCUT2D eigenvalue weighted by molar-refractivity contribution is -0.178. The highest BCUT2D eigenvalue weighted by Crippen LogP contribution is 2.57. The van der Waals surface area contributed by atoms with Gasteiger partial charge in [-0.05, 0) is 50.2 Å². The van der Waals surface area contributed by atoms with Crippen LogP contribution in [0.4, 0.5) is 0 Å². The second kappa shape index (κ2) is 9.38. The molecule has 0 aromatic heterocycles. The molecule has 5 heteroatoms. The predicted octanol–water partition coefficient (Wildman–Crippen LogP) is 2.83. The molecule has 5 unspecified atom stereocenters. The quantitative estimate of drug-likeness (QED) is 0.592. The van der Waals surface area contributed by atoms with E-state index in [4.69, 9.17) is 0 Å². The molecule has 6 atom stereocenters. The Balaban J connectivity index is 0.00000204. The fraction of sp³-hybridized carbons (Fsp3) is 0.667. The van der Waals surface area contributed by atoms with E-state index in [1.807, 2.05) is 26.8 Å². The van der Waals surface area contributed by atoms with Gasteiger partial charge in [-0.1, -0.05) is 45.8 Å². The number of ketones is 2. The van der Waals surface area contributed by atoms with Gasteiger partial charge in [-0.25, -0.2) is 0 Å². The summed E-state index contributed by atoms with van der Waals surface area (Å²) in [5.74, 6) is -0.746. The molecular formula is C24H36O5. The average molecular weight is 405 g/mol. The fourth-order valence-corrected chi connectivity index (χ4v) is 5.38. The summed E-state index contributed by atoms with van der Waals surface area (Å²) < 4.78 is 0. The maximum absolute atomic E-state index is 12.2. The first-order valence-corrected chi connectivity index (χ1v) is 10.3. The highest BCUT2D eigenvalue weighted by Gasteiger charge is 2.58. The fourth-order valence-electron chi connectivity index (χ4n) is 5.38. The largest absolute Gasteiger partial charge is 0.393 e. The Bertz CT molecular complexity index is 701. The zero-order valence-corrected chi connectivity index (χ0v) is 18.3. The van der Waals surface area contributed by atoms with E-state index in [0.29, 0.717) is 6.42 Å². The third kappa shape index (κ3) is 4.26. The first-order valence-electron chi connectivity index (χ1n) is 10.3. The summed E-state index contributed by atoms with van der Waals surface area (Å²) in [6.07, 6.45) is 14.8. The highest BCUT2D eigenvalue weighted by atomic mass is 16.3. The van der Waals surface area contributed by atoms with Gasteiger partial charge in [0.15, 0.2) is 11.6 Å². The third-order valence-electron chi connectivity index (χ3n) is 7.58. The van der Waals surface area contributed by atoms with Crippen LogP contribution >= 0.6 is 0 Å². The normalized spacial score (nSPS) is 36.4. The van der Waals surface area contributed by atoms with E-state index in [0.717, 1.165) is 18.4 Å². The smallest absolute Gasteiger partial charge is 0.189 e. The van der Waals surface area contributed by atoms with E-state index >= 15 is 0 Å². The van der Waals surface area contributed by atoms with Crippen LogP contribution in [0.2, 0.25) is 0 Å². The van der Waals surface area contributed by atoms with Crippen LogP contribution in [-0.2, 0) is 9.59 Å². The summed E-state index contributed by atoms with van der Waals surface area (Å²) in [5.41, 5.74) is -1.96. The molecule has 0 bridgehead atoms. The molecule has 0 aromatic rings. The number of carbonyl (C=O) groups is 2. The van der Waals surface area contributed by atoms with Gasteiger partial charge in [0.25, 0.3) is 0 Å². The number of aliphatic hydroxyl groups is 3. The van der Waals surface area contributed by atoms with Crippen molar-refractivity contribution in [2.45, 2.75) is 72.0 Å². The van der Waals surface area contributed by atoms with Crippen LogP contribution in [0.1, 0.15) is 60.3 Å². The molecule has 2 rings (SSSR count). The zero-order valence-electron chi connectivity index (χ0n) is 18.3. The maximum Gasteiger partial charge on any atom is 0.189 e. The number of carbonyl (C=O) groups excluding carboxylic acids is 2. The topological polar surface area (TPSA) is 94.8 Å². The molecule has 3 N–H and O–H groups in total. The van der Waals surface area contributed by atoms with Crippen molar-refractivity contribution in [2.75, 3.05) is 6.61 Å². The molecule has 2 aliphatic carbocycles. The second-order valence-corrected chi connectivity index (χ2v) is 8.83. The molecule has 0 saturated heterocycles. The van der Waals surface area contributed by atoms with Crippen molar-refractivity contribution in [2.24, 2.45) is 22.7 Å². The third-order valence-corrected chi connectivity index (χ3v) is 7.58. The Morgan fingerprint density at radius 3 is 2.38 bits per heavy atom. The van der Waals surface area contributed by atoms with Crippen LogP contribution in [0.15, 0.2) is 23.8 Å². The van der Waals surface area contributed by atoms with Gasteiger partial charge >= 0.3 is 0 Å². The number of Topliss-reactive ketones (excluding diaryl/α,β-unsaturated/α-hetero) is 1. The zero-order chi connectivity index (χ0) is 22.6. The summed E-state index contributed by atoms with van der Waals surface area (Å²) in [4.78, 5) is 24.1. The minimum atomic E-state index is -1.71. The molecule has 1 saturated carbocycles. The lowest BCUT2D eigenvalue weighted by Gasteiger charge is -2.56. The van der Waals surface area contributed by atoms with Gasteiger partial charge in [0.05, 0.1) is 6.10 Å². The number of terminal acetylenes is 1. The van der Waals surface area contributed by atoms with Crippen molar-refractivity contribution in [1.82, 2.24) is 0 Å². The number of rotatable bonds is 6. The Kier molecular flexibility index (Phi) is 8.18. The summed E-state index contributed by atoms with van der Waals surface area (Å²) >= 11 is 0. The molecule has 2 aliphatic rings. The van der Waals surface area contributed by atoms with Crippen molar-refractivity contribution in [3.05, 3.63) is 23.8 Å². The molecule has 0 spiro atoms. The summed E-state index contributed by atoms with van der Waals surface area (Å²) in [5, 5.41) is 31.4. The minimum Gasteiger partial charge on any atom is -0.393 e. The Hall–Kier alpha value is -1.74. The molecule has 0 amide bonds. The first kappa shape index (κ1) is 25.3. The van der Waals surface area contributed by atoms with Gasteiger partial charge in [-0.2, -0.15) is 0 Å². The molecule has 5 nitrogen and oxygen atoms in total. The van der Waals surface area contributed by atoms with Crippen LogP contribution in [0.3, 0.4) is 0 Å². The van der Waals surface area contributed by atoms with Crippen LogP contribution in [0.25, 0.3) is 0 Å². The molecular weight excluding hydrogens is 368 g/mol. The molecule has 0 radical (unpaired) electrons. The lowest BCUT2D eigenvalue weighted by Crippen LogP contribution is -2.60. The summed E-state index contributed by atoms with van der Waals surface area (Å²) in [7, 11) is 0. The van der Waals surface area contributed by atoms with E-state index in [2.05, 4.69) is 19.8 Å². The lowest BCUT2D eigenvalue weighted by atomic mass is 9.50. The van der Waals surface area contributed by atoms with Crippen molar-refractivity contribution < 1.29 is 24.9 Å². The average Bonchev–Trinajstić information content (AvgIpc) is 2.70. The SMILES string of the molecule is C#C.CCC1=CC(=O)C=CC1(C)C1CC(CC)C(C)([C@@](C)(O)C(=O)CO)CC1O. The summed E-state index contributed by atoms with van der Waals surface area (Å²) in [6, 6.07) is 0. The molecule has 29 heavy (non-hydrogen) atoms. The van der Waals surface area contributed by atoms with Crippen molar-refractivity contribution in [1.29, 1.82) is 0 Å². The van der Waals surface area contributed by atoms with Gasteiger partial charge in [0.1, 0.15) is 12.2 Å². The van der Waals surface area contributed by atoms with Crippen molar-refractivity contribution in [3.63, 3.8) is 0 Å². The second-order valence-electron chi connectivity index (χ2n) is 8.83. The molecule has 0 heterocycles. The van der Waals surface area contributed by atoms with Gasteiger partial charge in [0.2, 0.25) is 0 Å². The van der Waals surface area contributed by atoms with Crippen LogP contribution in [-0.4, -0.2) is 45.2 Å². The van der Waals surface area contributed by atoms with Crippen LogP contribution < -0.4 is 0 Å². The van der Waals surface area contributed by atoms with E-state index in [1.54, 1.807) is 12.2 Å². The van der Waals surface area contributed by atoms with E-state index < -0.39 is 34.9 Å². The van der Waals surface area contributed by atoms with Gasteiger partial charge in [0, 0.05) is 10.8 Å². The maximum atomic E-state index is 12.2. The van der Waals surface area contributed by atoms with Crippen LogP contribution in [0, 0.1) is 35.5 Å². The molecule has 0 aromatic carbocycles. The monoisotopic (exact) mass is 404 g/mol. The van der Waals surface area contributed by atoms with Crippen molar-refractivity contribution >= 4 is 11.6 Å². The number of hydrogen-bond acceptors (Lipinski definition) is 5. The predicted molar refractivity (Wildman–Crippen MR) is 114 cm³/mol. The first-order chi connectivity index (χ1) is 13.5. The standard InChI is InChI=1S/C22H34O5.C2H2/c1-6-14-10-16(24)8-9-20(14,3)17-11-15(7-2)21(4,12-18(17)25)22(5,27)19(26)13-23;1-2/h8-10,15,17-18,23,25,27H,6-7,11-13H2,1-5H3;1-2H/t15?,17?,18?,20?,21?,22-;/m0./s1. The molecule has 162 valence electrons. The van der Waals surface area contributed by atoms with E-state index in [9.17, 15) is 24.9 Å². The Labute approximate surface area is 174 Å². The Morgan fingerprint density at radius 2 is 1.90 bits per heavy atom. The summed E-state index contributed by atoms with van der Waals surface area (Å²) in [6.45, 7) is 8.68. The molecule has 1 fully saturated rings. The van der Waals surface area contributed by atoms with E-state index in [-0.39, 0.29) is 24.0 Å². The Morgan fingerprint density at radius 1 is 1.31 bits per heavy atom. The van der Waals surface area contributed by atoms with Gasteiger partial charge in [-0.3, -0.25) is 9.59 Å². The van der Waals surface area contributed by atoms with Crippen LogP contribution in [0.5, 0.6) is 0 Å². The van der Waals surface area contributed by atoms with Gasteiger partial charge in [-0.15, -0.1) is 12.8 Å². The number of hydrogen-bond donors (Lipinski definition) is 3. The van der Waals surface area contributed by atoms with Gasteiger partial charge < -0.3 is 15.3 Å². The number of allylic oxidation sites excluding steroid dienone is 4. The van der Waals surface area contributed by atoms with Crippen molar-refractivity contribution in [3.8, 4) is 12.8 Å². The minimum absolute atomic E-state index is 0.00245. The van der Waals surface area contributed by atoms with E-state index in [1.165, 1.54) is 6.92 Å². The highest BCUT2D eigenvalue weighted by molar-refractivity contribution is 6.01. The number of aliphatic hydroxyl groups excluding tert-OH is 2.